The molecule has 0 bridgehead atoms. The van der Waals surface area contributed by atoms with E-state index in [1.807, 2.05) is 31.2 Å². The SMILES string of the molecule is COc1cccc(N(CCCC(=O)NC(C)c2ccccc2OC)S(C)(=O)=O)c1. The molecule has 0 heterocycles. The van der Waals surface area contributed by atoms with Crippen molar-refractivity contribution < 1.29 is 22.7 Å². The van der Waals surface area contributed by atoms with Crippen LogP contribution in [-0.2, 0) is 14.8 Å². The molecule has 1 unspecified atom stereocenters. The van der Waals surface area contributed by atoms with E-state index in [-0.39, 0.29) is 24.9 Å². The Hall–Kier alpha value is -2.74. The number of carbonyl (C=O) groups is 1. The second-order valence-electron chi connectivity index (χ2n) is 6.67. The van der Waals surface area contributed by atoms with Crippen LogP contribution in [0, 0.1) is 0 Å². The Labute approximate surface area is 172 Å². The number of benzene rings is 2. The first-order chi connectivity index (χ1) is 13.8. The molecule has 7 nitrogen and oxygen atoms in total. The molecule has 0 fully saturated rings. The zero-order valence-electron chi connectivity index (χ0n) is 17.2. The summed E-state index contributed by atoms with van der Waals surface area (Å²) >= 11 is 0. The van der Waals surface area contributed by atoms with E-state index >= 15 is 0 Å². The molecule has 1 amide bonds. The molecule has 1 atom stereocenters. The number of amides is 1. The molecule has 1 N–H and O–H groups in total. The number of hydrogen-bond acceptors (Lipinski definition) is 5. The minimum absolute atomic E-state index is 0.150. The zero-order valence-corrected chi connectivity index (χ0v) is 18.0. The molecular weight excluding hydrogens is 392 g/mol. The summed E-state index contributed by atoms with van der Waals surface area (Å²) in [5, 5.41) is 2.93. The quantitative estimate of drug-likeness (QED) is 0.638. The summed E-state index contributed by atoms with van der Waals surface area (Å²) < 4.78 is 36.2. The fourth-order valence-electron chi connectivity index (χ4n) is 3.05. The van der Waals surface area contributed by atoms with Crippen molar-refractivity contribution in [3.8, 4) is 11.5 Å². The minimum Gasteiger partial charge on any atom is -0.497 e. The number of nitrogens with zero attached hydrogens (tertiary/aromatic N) is 1. The van der Waals surface area contributed by atoms with Crippen molar-refractivity contribution in [2.75, 3.05) is 31.3 Å². The van der Waals surface area contributed by atoms with Gasteiger partial charge in [0.1, 0.15) is 11.5 Å². The van der Waals surface area contributed by atoms with Crippen molar-refractivity contribution >= 4 is 21.6 Å². The number of methoxy groups -OCH3 is 2. The van der Waals surface area contributed by atoms with Gasteiger partial charge in [-0.25, -0.2) is 8.42 Å². The summed E-state index contributed by atoms with van der Waals surface area (Å²) in [5.74, 6) is 1.13. The lowest BCUT2D eigenvalue weighted by Gasteiger charge is -2.23. The van der Waals surface area contributed by atoms with E-state index in [1.165, 1.54) is 11.4 Å². The standard InChI is InChI=1S/C21H28N2O5S/c1-16(19-11-5-6-12-20(19)28-3)22-21(24)13-8-14-23(29(4,25)26)17-9-7-10-18(15-17)27-2/h5-7,9-12,15-16H,8,13-14H2,1-4H3,(H,22,24). The molecule has 2 aromatic rings. The van der Waals surface area contributed by atoms with Gasteiger partial charge in [-0.05, 0) is 31.5 Å². The van der Waals surface area contributed by atoms with Crippen LogP contribution in [0.5, 0.6) is 11.5 Å². The predicted octanol–water partition coefficient (Wildman–Crippen LogP) is 3.13. The highest BCUT2D eigenvalue weighted by Crippen LogP contribution is 2.25. The van der Waals surface area contributed by atoms with E-state index in [2.05, 4.69) is 5.32 Å². The molecule has 2 aromatic carbocycles. The van der Waals surface area contributed by atoms with Gasteiger partial charge in [-0.3, -0.25) is 9.10 Å². The van der Waals surface area contributed by atoms with Crippen molar-refractivity contribution in [2.24, 2.45) is 0 Å². The molecular formula is C21H28N2O5S. The van der Waals surface area contributed by atoms with Crippen molar-refractivity contribution in [1.29, 1.82) is 0 Å². The number of nitrogens with one attached hydrogen (secondary N) is 1. The van der Waals surface area contributed by atoms with Crippen molar-refractivity contribution in [2.45, 2.75) is 25.8 Å². The summed E-state index contributed by atoms with van der Waals surface area (Å²) in [6.45, 7) is 2.08. The van der Waals surface area contributed by atoms with E-state index in [0.29, 0.717) is 23.6 Å². The fraction of sp³-hybridized carbons (Fsp3) is 0.381. The number of hydrogen-bond donors (Lipinski definition) is 1. The summed E-state index contributed by atoms with van der Waals surface area (Å²) in [5.41, 5.74) is 1.40. The summed E-state index contributed by atoms with van der Waals surface area (Å²) in [6.07, 6.45) is 1.74. The monoisotopic (exact) mass is 420 g/mol. The largest absolute Gasteiger partial charge is 0.497 e. The van der Waals surface area contributed by atoms with Crippen LogP contribution in [0.2, 0.25) is 0 Å². The molecule has 0 saturated carbocycles. The second kappa shape index (κ2) is 10.2. The fourth-order valence-corrected chi connectivity index (χ4v) is 4.01. The topological polar surface area (TPSA) is 84.9 Å². The first kappa shape index (κ1) is 22.5. The molecule has 0 aliphatic carbocycles. The van der Waals surface area contributed by atoms with E-state index in [4.69, 9.17) is 9.47 Å². The highest BCUT2D eigenvalue weighted by Gasteiger charge is 2.19. The van der Waals surface area contributed by atoms with Crippen LogP contribution < -0.4 is 19.1 Å². The van der Waals surface area contributed by atoms with Gasteiger partial charge in [0.2, 0.25) is 15.9 Å². The van der Waals surface area contributed by atoms with Gasteiger partial charge in [-0.1, -0.05) is 24.3 Å². The molecule has 0 aliphatic heterocycles. The Balaban J connectivity index is 1.97. The number of carbonyl (C=O) groups excluding carboxylic acids is 1. The third-order valence-corrected chi connectivity index (χ3v) is 5.68. The van der Waals surface area contributed by atoms with Gasteiger partial charge in [0.25, 0.3) is 0 Å². The molecule has 0 spiro atoms. The Morgan fingerprint density at radius 3 is 2.48 bits per heavy atom. The van der Waals surface area contributed by atoms with E-state index in [9.17, 15) is 13.2 Å². The van der Waals surface area contributed by atoms with Gasteiger partial charge in [-0.15, -0.1) is 0 Å². The normalized spacial score (nSPS) is 12.1. The van der Waals surface area contributed by atoms with E-state index < -0.39 is 10.0 Å². The van der Waals surface area contributed by atoms with Crippen molar-refractivity contribution in [3.05, 3.63) is 54.1 Å². The Kier molecular flexibility index (Phi) is 7.90. The highest BCUT2D eigenvalue weighted by atomic mass is 32.2. The van der Waals surface area contributed by atoms with E-state index in [0.717, 1.165) is 11.8 Å². The smallest absolute Gasteiger partial charge is 0.232 e. The van der Waals surface area contributed by atoms with Crippen LogP contribution in [0.25, 0.3) is 0 Å². The maximum atomic E-state index is 12.4. The average Bonchev–Trinajstić information content (AvgIpc) is 2.70. The Morgan fingerprint density at radius 1 is 1.10 bits per heavy atom. The predicted molar refractivity (Wildman–Crippen MR) is 114 cm³/mol. The lowest BCUT2D eigenvalue weighted by atomic mass is 10.1. The van der Waals surface area contributed by atoms with Crippen LogP contribution >= 0.6 is 0 Å². The zero-order chi connectivity index (χ0) is 21.4. The van der Waals surface area contributed by atoms with Gasteiger partial charge in [-0.2, -0.15) is 0 Å². The van der Waals surface area contributed by atoms with Gasteiger partial charge in [0, 0.05) is 24.6 Å². The first-order valence-electron chi connectivity index (χ1n) is 9.30. The summed E-state index contributed by atoms with van der Waals surface area (Å²) in [7, 11) is -0.372. The van der Waals surface area contributed by atoms with E-state index in [1.54, 1.807) is 31.4 Å². The van der Waals surface area contributed by atoms with Crippen molar-refractivity contribution in [3.63, 3.8) is 0 Å². The number of sulfonamides is 1. The second-order valence-corrected chi connectivity index (χ2v) is 8.58. The maximum Gasteiger partial charge on any atom is 0.232 e. The maximum absolute atomic E-state index is 12.4. The van der Waals surface area contributed by atoms with Gasteiger partial charge in [0.15, 0.2) is 0 Å². The van der Waals surface area contributed by atoms with Gasteiger partial charge < -0.3 is 14.8 Å². The van der Waals surface area contributed by atoms with Crippen LogP contribution in [0.4, 0.5) is 5.69 Å². The molecule has 2 rings (SSSR count). The molecule has 0 aromatic heterocycles. The van der Waals surface area contributed by atoms with Crippen LogP contribution in [0.1, 0.15) is 31.4 Å². The molecule has 0 saturated heterocycles. The number of anilines is 1. The van der Waals surface area contributed by atoms with Gasteiger partial charge in [0.05, 0.1) is 32.2 Å². The average molecular weight is 421 g/mol. The van der Waals surface area contributed by atoms with Crippen molar-refractivity contribution in [1.82, 2.24) is 5.32 Å². The number of para-hydroxylation sites is 1. The Morgan fingerprint density at radius 2 is 1.83 bits per heavy atom. The van der Waals surface area contributed by atoms with Crippen LogP contribution in [0.3, 0.4) is 0 Å². The Bertz CT molecular complexity index is 930. The third kappa shape index (κ3) is 6.39. The highest BCUT2D eigenvalue weighted by molar-refractivity contribution is 7.92. The lowest BCUT2D eigenvalue weighted by Crippen LogP contribution is -2.32. The molecule has 0 aliphatic rings. The molecule has 29 heavy (non-hydrogen) atoms. The number of rotatable bonds is 10. The molecule has 158 valence electrons. The lowest BCUT2D eigenvalue weighted by molar-refractivity contribution is -0.121. The molecule has 8 heteroatoms. The minimum atomic E-state index is -3.49. The third-order valence-electron chi connectivity index (χ3n) is 4.49. The summed E-state index contributed by atoms with van der Waals surface area (Å²) in [4.78, 5) is 12.4. The van der Waals surface area contributed by atoms with Gasteiger partial charge >= 0.3 is 0 Å². The summed E-state index contributed by atoms with van der Waals surface area (Å²) in [6, 6.07) is 14.1. The molecule has 0 radical (unpaired) electrons. The first-order valence-corrected chi connectivity index (χ1v) is 11.1. The van der Waals surface area contributed by atoms with Crippen LogP contribution in [0.15, 0.2) is 48.5 Å². The van der Waals surface area contributed by atoms with Crippen LogP contribution in [-0.4, -0.2) is 41.3 Å². The number of ether oxygens (including phenoxy) is 2.